The van der Waals surface area contributed by atoms with Gasteiger partial charge in [0.25, 0.3) is 0 Å². The fourth-order valence-electron chi connectivity index (χ4n) is 4.62. The fourth-order valence-corrected chi connectivity index (χ4v) is 4.88. The van der Waals surface area contributed by atoms with Crippen molar-refractivity contribution in [2.75, 3.05) is 6.61 Å². The fraction of sp³-hybridized carbons (Fsp3) is 0.0882. The van der Waals surface area contributed by atoms with Gasteiger partial charge in [0.05, 0.1) is 11.4 Å². The summed E-state index contributed by atoms with van der Waals surface area (Å²) in [6.07, 6.45) is 0. The van der Waals surface area contributed by atoms with Crippen molar-refractivity contribution in [1.29, 1.82) is 0 Å². The van der Waals surface area contributed by atoms with Crippen LogP contribution in [0.25, 0.3) is 39.2 Å². The van der Waals surface area contributed by atoms with Crippen LogP contribution in [0, 0.1) is 6.92 Å². The van der Waals surface area contributed by atoms with E-state index in [2.05, 4.69) is 15.9 Å². The SMILES string of the molecule is Cc1ccc(-n2nc(COC(=O)COc3cc(O)c4c(=O)cc(-c5ccccc5)oc4c3)cc2-c2ccc(Br)cc2)cc1. The van der Waals surface area contributed by atoms with Gasteiger partial charge in [-0.2, -0.15) is 5.10 Å². The molecule has 0 atom stereocenters. The van der Waals surface area contributed by atoms with Crippen molar-refractivity contribution in [1.82, 2.24) is 9.78 Å². The molecule has 0 aliphatic carbocycles. The summed E-state index contributed by atoms with van der Waals surface area (Å²) in [4.78, 5) is 25.3. The molecule has 2 aromatic heterocycles. The monoisotopic (exact) mass is 636 g/mol. The molecule has 6 rings (SSSR count). The van der Waals surface area contributed by atoms with Crippen LogP contribution in [0.2, 0.25) is 0 Å². The van der Waals surface area contributed by atoms with E-state index in [1.165, 1.54) is 18.2 Å². The first-order chi connectivity index (χ1) is 20.8. The van der Waals surface area contributed by atoms with Gasteiger partial charge < -0.3 is 19.0 Å². The minimum absolute atomic E-state index is 0.0281. The van der Waals surface area contributed by atoms with Crippen LogP contribution in [-0.2, 0) is 16.1 Å². The van der Waals surface area contributed by atoms with Gasteiger partial charge in [-0.3, -0.25) is 4.79 Å². The number of phenolic OH excluding ortho intramolecular Hbond substituents is 1. The normalized spacial score (nSPS) is 11.0. The molecule has 4 aromatic carbocycles. The number of hydrogen-bond donors (Lipinski definition) is 1. The molecule has 0 aliphatic rings. The van der Waals surface area contributed by atoms with Crippen molar-refractivity contribution in [3.8, 4) is 39.8 Å². The molecule has 0 bridgehead atoms. The molecule has 0 amide bonds. The lowest BCUT2D eigenvalue weighted by Gasteiger charge is -2.09. The van der Waals surface area contributed by atoms with Crippen molar-refractivity contribution in [3.05, 3.63) is 129 Å². The van der Waals surface area contributed by atoms with Crippen LogP contribution < -0.4 is 10.2 Å². The Morgan fingerprint density at radius 2 is 1.67 bits per heavy atom. The minimum Gasteiger partial charge on any atom is -0.507 e. The van der Waals surface area contributed by atoms with Crippen LogP contribution in [-0.4, -0.2) is 27.5 Å². The zero-order valence-corrected chi connectivity index (χ0v) is 24.6. The van der Waals surface area contributed by atoms with Crippen molar-refractivity contribution in [3.63, 3.8) is 0 Å². The van der Waals surface area contributed by atoms with E-state index in [-0.39, 0.29) is 29.1 Å². The van der Waals surface area contributed by atoms with Crippen LogP contribution in [0.3, 0.4) is 0 Å². The number of aromatic hydroxyl groups is 1. The number of ether oxygens (including phenoxy) is 2. The number of aromatic nitrogens is 2. The number of nitrogens with zero attached hydrogens (tertiary/aromatic N) is 2. The Hall–Kier alpha value is -5.15. The third-order valence-electron chi connectivity index (χ3n) is 6.76. The highest BCUT2D eigenvalue weighted by molar-refractivity contribution is 9.10. The minimum atomic E-state index is -0.630. The molecule has 2 heterocycles. The molecule has 0 saturated carbocycles. The highest BCUT2D eigenvalue weighted by Gasteiger charge is 2.16. The van der Waals surface area contributed by atoms with Gasteiger partial charge in [0.15, 0.2) is 12.0 Å². The maximum Gasteiger partial charge on any atom is 0.344 e. The molecular formula is C34H25BrN2O6. The maximum atomic E-state index is 12.7. The molecule has 0 spiro atoms. The third kappa shape index (κ3) is 6.22. The second kappa shape index (κ2) is 12.0. The zero-order valence-electron chi connectivity index (χ0n) is 23.0. The van der Waals surface area contributed by atoms with E-state index in [4.69, 9.17) is 19.0 Å². The number of carbonyl (C=O) groups is 1. The Bertz CT molecular complexity index is 1920. The first-order valence-electron chi connectivity index (χ1n) is 13.4. The summed E-state index contributed by atoms with van der Waals surface area (Å²) in [5.74, 6) is -0.441. The van der Waals surface area contributed by atoms with Crippen molar-refractivity contribution >= 4 is 32.9 Å². The summed E-state index contributed by atoms with van der Waals surface area (Å²) in [7, 11) is 0. The van der Waals surface area contributed by atoms with Crippen LogP contribution >= 0.6 is 15.9 Å². The lowest BCUT2D eigenvalue weighted by atomic mass is 10.1. The summed E-state index contributed by atoms with van der Waals surface area (Å²) < 4.78 is 19.7. The van der Waals surface area contributed by atoms with Gasteiger partial charge in [-0.1, -0.05) is 76.1 Å². The van der Waals surface area contributed by atoms with E-state index in [1.54, 1.807) is 0 Å². The number of halogens is 1. The number of fused-ring (bicyclic) bond motifs is 1. The van der Waals surface area contributed by atoms with Gasteiger partial charge in [0, 0.05) is 33.8 Å². The lowest BCUT2D eigenvalue weighted by Crippen LogP contribution is -2.15. The first kappa shape index (κ1) is 28.0. The molecular weight excluding hydrogens is 612 g/mol. The zero-order chi connectivity index (χ0) is 29.9. The van der Waals surface area contributed by atoms with E-state index < -0.39 is 18.0 Å². The van der Waals surface area contributed by atoms with Gasteiger partial charge in [-0.05, 0) is 37.3 Å². The average Bonchev–Trinajstić information content (AvgIpc) is 3.44. The summed E-state index contributed by atoms with van der Waals surface area (Å²) in [6.45, 7) is 1.53. The van der Waals surface area contributed by atoms with Crippen molar-refractivity contribution in [2.45, 2.75) is 13.5 Å². The number of carbonyl (C=O) groups excluding carboxylic acids is 1. The van der Waals surface area contributed by atoms with Gasteiger partial charge in [-0.25, -0.2) is 9.48 Å². The Labute approximate surface area is 254 Å². The standard InChI is InChI=1S/C34H25BrN2O6/c1-21-7-13-26(14-8-21)37-28(22-9-11-24(35)12-10-22)15-25(36-37)19-42-33(40)20-41-27-16-29(38)34-30(39)18-31(43-32(34)17-27)23-5-3-2-4-6-23/h2-18,38H,19-20H2,1H3. The van der Waals surface area contributed by atoms with E-state index in [1.807, 2.05) is 96.5 Å². The average molecular weight is 637 g/mol. The second-order valence-electron chi connectivity index (χ2n) is 9.88. The molecule has 0 aliphatic heterocycles. The number of esters is 1. The smallest absolute Gasteiger partial charge is 0.344 e. The van der Waals surface area contributed by atoms with E-state index >= 15 is 0 Å². The number of benzene rings is 4. The third-order valence-corrected chi connectivity index (χ3v) is 7.29. The van der Waals surface area contributed by atoms with Gasteiger partial charge in [0.2, 0.25) is 0 Å². The van der Waals surface area contributed by atoms with E-state index in [9.17, 15) is 14.7 Å². The maximum absolute atomic E-state index is 12.7. The summed E-state index contributed by atoms with van der Waals surface area (Å²) >= 11 is 3.47. The summed E-state index contributed by atoms with van der Waals surface area (Å²) in [5, 5.41) is 15.2. The number of aryl methyl sites for hydroxylation is 1. The Kier molecular flexibility index (Phi) is 7.81. The Morgan fingerprint density at radius 1 is 0.930 bits per heavy atom. The summed E-state index contributed by atoms with van der Waals surface area (Å²) in [5.41, 5.74) is 4.83. The molecule has 214 valence electrons. The van der Waals surface area contributed by atoms with Crippen molar-refractivity contribution in [2.24, 2.45) is 0 Å². The van der Waals surface area contributed by atoms with Gasteiger partial charge in [-0.15, -0.1) is 0 Å². The molecule has 43 heavy (non-hydrogen) atoms. The number of rotatable bonds is 8. The predicted molar refractivity (Wildman–Crippen MR) is 166 cm³/mol. The largest absolute Gasteiger partial charge is 0.507 e. The predicted octanol–water partition coefficient (Wildman–Crippen LogP) is 7.21. The highest BCUT2D eigenvalue weighted by atomic mass is 79.9. The van der Waals surface area contributed by atoms with Crippen LogP contribution in [0.4, 0.5) is 0 Å². The Morgan fingerprint density at radius 3 is 2.42 bits per heavy atom. The van der Waals surface area contributed by atoms with Gasteiger partial charge >= 0.3 is 5.97 Å². The van der Waals surface area contributed by atoms with E-state index in [0.717, 1.165) is 27.0 Å². The summed E-state index contributed by atoms with van der Waals surface area (Å²) in [6, 6.07) is 31.0. The van der Waals surface area contributed by atoms with Crippen LogP contribution in [0.5, 0.6) is 11.5 Å². The molecule has 6 aromatic rings. The van der Waals surface area contributed by atoms with Crippen LogP contribution in [0.15, 0.2) is 117 Å². The topological polar surface area (TPSA) is 104 Å². The van der Waals surface area contributed by atoms with Crippen LogP contribution in [0.1, 0.15) is 11.3 Å². The molecule has 0 radical (unpaired) electrons. The molecule has 8 nitrogen and oxygen atoms in total. The molecule has 1 N–H and O–H groups in total. The first-order valence-corrected chi connectivity index (χ1v) is 14.2. The van der Waals surface area contributed by atoms with Crippen molar-refractivity contribution < 1.29 is 23.8 Å². The number of hydrogen-bond acceptors (Lipinski definition) is 7. The van der Waals surface area contributed by atoms with Gasteiger partial charge in [0.1, 0.15) is 40.5 Å². The molecule has 0 unspecified atom stereocenters. The number of phenols is 1. The second-order valence-corrected chi connectivity index (χ2v) is 10.8. The highest BCUT2D eigenvalue weighted by Crippen LogP contribution is 2.31. The lowest BCUT2D eigenvalue weighted by molar-refractivity contribution is -0.147. The molecule has 9 heteroatoms. The van der Waals surface area contributed by atoms with E-state index in [0.29, 0.717) is 17.0 Å². The Balaban J connectivity index is 1.17. The molecule has 0 saturated heterocycles. The quantitative estimate of drug-likeness (QED) is 0.176. The molecule has 0 fully saturated rings.